The van der Waals surface area contributed by atoms with Gasteiger partial charge >= 0.3 is 11.9 Å². The SMILES string of the molecule is CCCCCCCCCCCCCCCCCCCCCCCCCCCCCCCCC(=O)OC(COC(=O)CCCCCCCCCCCCCCCCCCCCCC)COC(OCC[N+](C)(C)C)C(=O)[O-]. The summed E-state index contributed by atoms with van der Waals surface area (Å²) < 4.78 is 22.8. The first-order valence-electron chi connectivity index (χ1n) is 33.2. The molecule has 0 aromatic carbocycles. The molecular weight excluding hydrogens is 935 g/mol. The van der Waals surface area contributed by atoms with Crippen molar-refractivity contribution in [3.8, 4) is 0 Å². The Morgan fingerprint density at radius 2 is 0.600 bits per heavy atom. The zero-order valence-corrected chi connectivity index (χ0v) is 51.0. The Hall–Kier alpha value is -1.71. The third-order valence-corrected chi connectivity index (χ3v) is 15.4. The number of ether oxygens (including phenoxy) is 4. The molecule has 0 aliphatic rings. The molecule has 9 nitrogen and oxygen atoms in total. The molecule has 0 aromatic heterocycles. The van der Waals surface area contributed by atoms with Crippen LogP contribution in [0.5, 0.6) is 0 Å². The molecule has 75 heavy (non-hydrogen) atoms. The summed E-state index contributed by atoms with van der Waals surface area (Å²) in [5.41, 5.74) is 0. The first-order chi connectivity index (χ1) is 36.6. The molecule has 0 aromatic rings. The number of unbranched alkanes of at least 4 members (excludes halogenated alkanes) is 48. The van der Waals surface area contributed by atoms with Gasteiger partial charge in [0.2, 0.25) is 0 Å². The van der Waals surface area contributed by atoms with Gasteiger partial charge in [0.1, 0.15) is 13.2 Å². The Labute approximate surface area is 466 Å². The lowest BCUT2D eigenvalue weighted by Gasteiger charge is -2.26. The van der Waals surface area contributed by atoms with Gasteiger partial charge in [-0.1, -0.05) is 322 Å². The number of rotatable bonds is 63. The second-order valence-electron chi connectivity index (χ2n) is 24.1. The van der Waals surface area contributed by atoms with Crippen molar-refractivity contribution in [1.29, 1.82) is 0 Å². The maximum atomic E-state index is 12.9. The van der Waals surface area contributed by atoms with Gasteiger partial charge in [0.05, 0.1) is 40.3 Å². The molecule has 0 fully saturated rings. The summed E-state index contributed by atoms with van der Waals surface area (Å²) in [4.78, 5) is 37.4. The van der Waals surface area contributed by atoms with Crippen LogP contribution in [-0.4, -0.2) is 82.3 Å². The normalized spacial score (nSPS) is 12.6. The standard InChI is InChI=1S/C66H129NO8/c1-6-8-10-12-14-16-18-20-22-24-26-28-29-30-31-32-33-34-35-36-37-39-41-43-45-47-49-51-53-55-57-64(69)75-62(61-74-66(65(70)71)72-59-58-67(3,4)5)60-73-63(68)56-54-52-50-48-46-44-42-40-38-27-25-23-21-19-17-15-13-11-9-7-2/h62,66H,6-61H2,1-5H3. The third kappa shape index (κ3) is 59.8. The van der Waals surface area contributed by atoms with Crippen LogP contribution in [0.1, 0.15) is 348 Å². The van der Waals surface area contributed by atoms with Gasteiger partial charge in [0.15, 0.2) is 12.4 Å². The van der Waals surface area contributed by atoms with E-state index in [1.165, 1.54) is 283 Å². The van der Waals surface area contributed by atoms with Crippen molar-refractivity contribution >= 4 is 17.9 Å². The van der Waals surface area contributed by atoms with Crippen LogP contribution in [0.15, 0.2) is 0 Å². The van der Waals surface area contributed by atoms with Gasteiger partial charge in [0, 0.05) is 12.8 Å². The number of hydrogen-bond donors (Lipinski definition) is 0. The van der Waals surface area contributed by atoms with Crippen molar-refractivity contribution in [2.45, 2.75) is 360 Å². The largest absolute Gasteiger partial charge is 0.545 e. The lowest BCUT2D eigenvalue weighted by molar-refractivity contribution is -0.870. The average molecular weight is 1060 g/mol. The van der Waals surface area contributed by atoms with Gasteiger partial charge in [-0.05, 0) is 12.8 Å². The van der Waals surface area contributed by atoms with E-state index in [4.69, 9.17) is 18.9 Å². The quantitative estimate of drug-likeness (QED) is 0.0256. The molecular formula is C66H129NO8. The van der Waals surface area contributed by atoms with E-state index in [0.717, 1.165) is 38.5 Å². The van der Waals surface area contributed by atoms with Crippen LogP contribution in [0, 0.1) is 0 Å². The van der Waals surface area contributed by atoms with E-state index >= 15 is 0 Å². The molecule has 2 atom stereocenters. The molecule has 0 N–H and O–H groups in total. The van der Waals surface area contributed by atoms with E-state index in [1.54, 1.807) is 0 Å². The molecule has 0 radical (unpaired) electrons. The molecule has 0 amide bonds. The van der Waals surface area contributed by atoms with Crippen molar-refractivity contribution in [3.63, 3.8) is 0 Å². The number of carbonyl (C=O) groups is 3. The molecule has 0 saturated heterocycles. The van der Waals surface area contributed by atoms with Crippen LogP contribution in [0.2, 0.25) is 0 Å². The zero-order valence-electron chi connectivity index (χ0n) is 51.0. The third-order valence-electron chi connectivity index (χ3n) is 15.4. The Morgan fingerprint density at radius 3 is 0.853 bits per heavy atom. The van der Waals surface area contributed by atoms with Crippen LogP contribution in [0.4, 0.5) is 0 Å². The van der Waals surface area contributed by atoms with Crippen molar-refractivity contribution in [1.82, 2.24) is 0 Å². The number of carbonyl (C=O) groups excluding carboxylic acids is 3. The number of carboxylic acids is 1. The van der Waals surface area contributed by atoms with Gasteiger partial charge in [-0.3, -0.25) is 9.59 Å². The van der Waals surface area contributed by atoms with E-state index in [0.29, 0.717) is 17.4 Å². The van der Waals surface area contributed by atoms with Gasteiger partial charge in [0.25, 0.3) is 0 Å². The Balaban J connectivity index is 4.06. The van der Waals surface area contributed by atoms with Gasteiger partial charge in [-0.25, -0.2) is 0 Å². The average Bonchev–Trinajstić information content (AvgIpc) is 3.38. The number of quaternary nitrogens is 1. The smallest absolute Gasteiger partial charge is 0.306 e. The van der Waals surface area contributed by atoms with E-state index in [-0.39, 0.29) is 32.2 Å². The van der Waals surface area contributed by atoms with E-state index in [1.807, 2.05) is 21.1 Å². The van der Waals surface area contributed by atoms with Crippen LogP contribution in [-0.2, 0) is 33.3 Å². The Kier molecular flexibility index (Phi) is 57.1. The molecule has 446 valence electrons. The fraction of sp³-hybridized carbons (Fsp3) is 0.955. The number of likely N-dealkylation sites (N-methyl/N-ethyl adjacent to an activating group) is 1. The molecule has 2 unspecified atom stereocenters. The van der Waals surface area contributed by atoms with Crippen molar-refractivity contribution < 1.29 is 42.9 Å². The molecule has 0 bridgehead atoms. The summed E-state index contributed by atoms with van der Waals surface area (Å²) in [6.07, 6.45) is 64.7. The first-order valence-corrected chi connectivity index (χ1v) is 33.2. The summed E-state index contributed by atoms with van der Waals surface area (Å²) in [6.45, 7) is 4.84. The molecule has 9 heteroatoms. The van der Waals surface area contributed by atoms with Crippen LogP contribution in [0.25, 0.3) is 0 Å². The highest BCUT2D eigenvalue weighted by molar-refractivity contribution is 5.70. The number of aliphatic carboxylic acids is 1. The summed E-state index contributed by atoms with van der Waals surface area (Å²) in [6, 6.07) is 0. The molecule has 0 aliphatic heterocycles. The number of nitrogens with zero attached hydrogens (tertiary/aromatic N) is 1. The Bertz CT molecular complexity index is 1190. The number of carboxylic acid groups (broad SMARTS) is 1. The predicted octanol–water partition coefficient (Wildman–Crippen LogP) is 18.6. The first kappa shape index (κ1) is 73.3. The molecule has 0 heterocycles. The number of esters is 2. The maximum Gasteiger partial charge on any atom is 0.306 e. The second kappa shape index (κ2) is 58.4. The summed E-state index contributed by atoms with van der Waals surface area (Å²) >= 11 is 0. The fourth-order valence-corrected chi connectivity index (χ4v) is 10.2. The van der Waals surface area contributed by atoms with E-state index in [2.05, 4.69) is 13.8 Å². The topological polar surface area (TPSA) is 111 Å². The van der Waals surface area contributed by atoms with Crippen molar-refractivity contribution in [2.24, 2.45) is 0 Å². The summed E-state index contributed by atoms with van der Waals surface area (Å²) in [7, 11) is 5.94. The highest BCUT2D eigenvalue weighted by Crippen LogP contribution is 2.19. The second-order valence-corrected chi connectivity index (χ2v) is 24.1. The zero-order chi connectivity index (χ0) is 54.8. The molecule has 0 spiro atoms. The van der Waals surface area contributed by atoms with Crippen LogP contribution < -0.4 is 5.11 Å². The fourth-order valence-electron chi connectivity index (χ4n) is 10.2. The minimum Gasteiger partial charge on any atom is -0.545 e. The summed E-state index contributed by atoms with van der Waals surface area (Å²) in [5, 5.41) is 11.8. The minimum absolute atomic E-state index is 0.154. The van der Waals surface area contributed by atoms with Crippen LogP contribution >= 0.6 is 0 Å². The summed E-state index contributed by atoms with van der Waals surface area (Å²) in [5.74, 6) is -2.25. The lowest BCUT2D eigenvalue weighted by atomic mass is 10.0. The molecule has 0 aliphatic carbocycles. The minimum atomic E-state index is -1.61. The monoisotopic (exact) mass is 1060 g/mol. The van der Waals surface area contributed by atoms with E-state index < -0.39 is 24.3 Å². The Morgan fingerprint density at radius 1 is 0.347 bits per heavy atom. The lowest BCUT2D eigenvalue weighted by Crippen LogP contribution is -2.44. The molecule has 0 rings (SSSR count). The molecule has 0 saturated carbocycles. The van der Waals surface area contributed by atoms with Gasteiger partial charge < -0.3 is 33.3 Å². The van der Waals surface area contributed by atoms with Gasteiger partial charge in [-0.15, -0.1) is 0 Å². The predicted molar refractivity (Wildman–Crippen MR) is 316 cm³/mol. The van der Waals surface area contributed by atoms with Crippen molar-refractivity contribution in [3.05, 3.63) is 0 Å². The van der Waals surface area contributed by atoms with Crippen molar-refractivity contribution in [2.75, 3.05) is 47.5 Å². The highest BCUT2D eigenvalue weighted by atomic mass is 16.7. The number of hydrogen-bond acceptors (Lipinski definition) is 8. The van der Waals surface area contributed by atoms with E-state index in [9.17, 15) is 19.5 Å². The maximum absolute atomic E-state index is 12.9. The van der Waals surface area contributed by atoms with Gasteiger partial charge in [-0.2, -0.15) is 0 Å². The van der Waals surface area contributed by atoms with Crippen LogP contribution in [0.3, 0.4) is 0 Å². The highest BCUT2D eigenvalue weighted by Gasteiger charge is 2.22.